The maximum Gasteiger partial charge on any atom is 0.259 e. The lowest BCUT2D eigenvalue weighted by Crippen LogP contribution is -2.15. The van der Waals surface area contributed by atoms with E-state index in [1.165, 1.54) is 6.07 Å². The Labute approximate surface area is 135 Å². The number of anilines is 2. The second-order valence-electron chi connectivity index (χ2n) is 4.06. The number of hydrogen-bond acceptors (Lipinski definition) is 4. The van der Waals surface area contributed by atoms with Crippen molar-refractivity contribution in [2.24, 2.45) is 0 Å². The smallest absolute Gasteiger partial charge is 0.259 e. The molecule has 21 heavy (non-hydrogen) atoms. The molecule has 0 saturated carbocycles. The number of amides is 1. The first-order chi connectivity index (χ1) is 10.0. The Balaban J connectivity index is 2.35. The van der Waals surface area contributed by atoms with E-state index in [0.29, 0.717) is 32.1 Å². The second-order valence-corrected chi connectivity index (χ2v) is 5.38. The molecule has 1 heterocycles. The molecule has 0 aliphatic rings. The Hall–Kier alpha value is -2.10. The van der Waals surface area contributed by atoms with Crippen molar-refractivity contribution >= 4 is 44.9 Å². The number of pyridine rings is 1. The molecule has 1 amide bonds. The summed E-state index contributed by atoms with van der Waals surface area (Å²) in [6, 6.07) is 8.31. The van der Waals surface area contributed by atoms with Crippen LogP contribution in [0.4, 0.5) is 11.5 Å². The minimum Gasteiger partial charge on any atom is -0.372 e. The number of nitrogens with one attached hydrogen (secondary N) is 2. The molecule has 0 atom stereocenters. The van der Waals surface area contributed by atoms with E-state index in [1.807, 2.05) is 6.07 Å². The van der Waals surface area contributed by atoms with Gasteiger partial charge in [-0.15, -0.1) is 0 Å². The van der Waals surface area contributed by atoms with Crippen LogP contribution in [0.5, 0.6) is 0 Å². The fraction of sp³-hybridized carbons (Fsp3) is 0.0714. The maximum atomic E-state index is 12.3. The lowest BCUT2D eigenvalue weighted by Gasteiger charge is -2.10. The van der Waals surface area contributed by atoms with Gasteiger partial charge in [-0.3, -0.25) is 4.79 Å². The van der Waals surface area contributed by atoms with Gasteiger partial charge in [0.15, 0.2) is 0 Å². The standard InChI is InChI=1S/C14H10BrClN4O/c1-18-13-10(5-9(15)7-19-13)14(21)20-12-4-8(6-17)2-3-11(12)16/h2-5,7H,1H3,(H,18,19)(H,20,21). The summed E-state index contributed by atoms with van der Waals surface area (Å²) in [7, 11) is 1.68. The largest absolute Gasteiger partial charge is 0.372 e. The van der Waals surface area contributed by atoms with E-state index < -0.39 is 0 Å². The highest BCUT2D eigenvalue weighted by Crippen LogP contribution is 2.25. The van der Waals surface area contributed by atoms with Gasteiger partial charge in [-0.05, 0) is 40.2 Å². The van der Waals surface area contributed by atoms with E-state index in [2.05, 4.69) is 31.5 Å². The third-order valence-electron chi connectivity index (χ3n) is 2.68. The summed E-state index contributed by atoms with van der Waals surface area (Å²) >= 11 is 9.30. The molecule has 0 saturated heterocycles. The molecule has 0 aliphatic carbocycles. The van der Waals surface area contributed by atoms with Crippen molar-refractivity contribution in [2.45, 2.75) is 0 Å². The van der Waals surface area contributed by atoms with Gasteiger partial charge >= 0.3 is 0 Å². The first-order valence-corrected chi connectivity index (χ1v) is 7.06. The third kappa shape index (κ3) is 3.51. The van der Waals surface area contributed by atoms with Gasteiger partial charge in [0.1, 0.15) is 5.82 Å². The zero-order valence-corrected chi connectivity index (χ0v) is 13.3. The van der Waals surface area contributed by atoms with Gasteiger partial charge < -0.3 is 10.6 Å². The summed E-state index contributed by atoms with van der Waals surface area (Å²) in [5, 5.41) is 14.8. The number of nitriles is 1. The molecule has 0 spiro atoms. The summed E-state index contributed by atoms with van der Waals surface area (Å²) in [4.78, 5) is 16.5. The van der Waals surface area contributed by atoms with Crippen molar-refractivity contribution in [2.75, 3.05) is 17.7 Å². The Bertz CT molecular complexity index is 742. The van der Waals surface area contributed by atoms with Crippen LogP contribution in [-0.4, -0.2) is 17.9 Å². The van der Waals surface area contributed by atoms with Crippen LogP contribution in [0.25, 0.3) is 0 Å². The van der Waals surface area contributed by atoms with Gasteiger partial charge in [-0.25, -0.2) is 4.98 Å². The SMILES string of the molecule is CNc1ncc(Br)cc1C(=O)Nc1cc(C#N)ccc1Cl. The van der Waals surface area contributed by atoms with Crippen LogP contribution < -0.4 is 10.6 Å². The predicted octanol–water partition coefficient (Wildman–Crippen LogP) is 3.66. The number of carbonyl (C=O) groups excluding carboxylic acids is 1. The van der Waals surface area contributed by atoms with Crippen LogP contribution in [-0.2, 0) is 0 Å². The molecule has 5 nitrogen and oxygen atoms in total. The molecule has 0 aliphatic heterocycles. The topological polar surface area (TPSA) is 77.8 Å². The minimum absolute atomic E-state index is 0.358. The van der Waals surface area contributed by atoms with E-state index >= 15 is 0 Å². The highest BCUT2D eigenvalue weighted by molar-refractivity contribution is 9.10. The highest BCUT2D eigenvalue weighted by atomic mass is 79.9. The monoisotopic (exact) mass is 364 g/mol. The Kier molecular flexibility index (Phi) is 4.78. The summed E-state index contributed by atoms with van der Waals surface area (Å²) in [5.41, 5.74) is 1.16. The molecule has 7 heteroatoms. The van der Waals surface area contributed by atoms with Crippen LogP contribution in [0.3, 0.4) is 0 Å². The Morgan fingerprint density at radius 3 is 2.86 bits per heavy atom. The number of carbonyl (C=O) groups is 1. The molecule has 2 aromatic rings. The molecule has 1 aromatic carbocycles. The van der Waals surface area contributed by atoms with Crippen molar-refractivity contribution in [3.05, 3.63) is 51.1 Å². The first-order valence-electron chi connectivity index (χ1n) is 5.89. The highest BCUT2D eigenvalue weighted by Gasteiger charge is 2.14. The maximum absolute atomic E-state index is 12.3. The summed E-state index contributed by atoms with van der Waals surface area (Å²) < 4.78 is 0.684. The molecular weight excluding hydrogens is 356 g/mol. The number of benzene rings is 1. The van der Waals surface area contributed by atoms with Gasteiger partial charge in [-0.1, -0.05) is 11.6 Å². The predicted molar refractivity (Wildman–Crippen MR) is 85.6 cm³/mol. The van der Waals surface area contributed by atoms with Crippen LogP contribution in [0.15, 0.2) is 34.9 Å². The van der Waals surface area contributed by atoms with Gasteiger partial charge in [0.2, 0.25) is 0 Å². The van der Waals surface area contributed by atoms with Crippen molar-refractivity contribution in [3.8, 4) is 6.07 Å². The summed E-state index contributed by atoms with van der Waals surface area (Å²) in [6.07, 6.45) is 1.59. The van der Waals surface area contributed by atoms with Gasteiger partial charge in [0, 0.05) is 17.7 Å². The Morgan fingerprint density at radius 2 is 2.19 bits per heavy atom. The van der Waals surface area contributed by atoms with Gasteiger partial charge in [0.05, 0.1) is 27.9 Å². The quantitative estimate of drug-likeness (QED) is 0.870. The molecular formula is C14H10BrClN4O. The number of nitrogens with zero attached hydrogens (tertiary/aromatic N) is 2. The van der Waals surface area contributed by atoms with E-state index in [0.717, 1.165) is 0 Å². The average molecular weight is 366 g/mol. The number of aromatic nitrogens is 1. The van der Waals surface area contributed by atoms with Crippen molar-refractivity contribution in [1.29, 1.82) is 5.26 Å². The van der Waals surface area contributed by atoms with Crippen LogP contribution in [0.2, 0.25) is 5.02 Å². The number of hydrogen-bond donors (Lipinski definition) is 2. The van der Waals surface area contributed by atoms with Crippen LogP contribution in [0, 0.1) is 11.3 Å². The normalized spacial score (nSPS) is 9.81. The lowest BCUT2D eigenvalue weighted by atomic mass is 10.2. The molecule has 106 valence electrons. The summed E-state index contributed by atoms with van der Waals surface area (Å²) in [5.74, 6) is 0.0772. The van der Waals surface area contributed by atoms with E-state index in [9.17, 15) is 4.79 Å². The van der Waals surface area contributed by atoms with Gasteiger partial charge in [0.25, 0.3) is 5.91 Å². The molecule has 0 fully saturated rings. The number of rotatable bonds is 3. The van der Waals surface area contributed by atoms with Crippen molar-refractivity contribution in [1.82, 2.24) is 4.98 Å². The fourth-order valence-corrected chi connectivity index (χ4v) is 2.19. The summed E-state index contributed by atoms with van der Waals surface area (Å²) in [6.45, 7) is 0. The first kappa shape index (κ1) is 15.3. The molecule has 1 aromatic heterocycles. The average Bonchev–Trinajstić information content (AvgIpc) is 2.49. The third-order valence-corrected chi connectivity index (χ3v) is 3.44. The molecule has 0 unspecified atom stereocenters. The second kappa shape index (κ2) is 6.57. The Morgan fingerprint density at radius 1 is 1.43 bits per heavy atom. The van der Waals surface area contributed by atoms with Crippen LogP contribution >= 0.6 is 27.5 Å². The lowest BCUT2D eigenvalue weighted by molar-refractivity contribution is 0.102. The van der Waals surface area contributed by atoms with Crippen molar-refractivity contribution < 1.29 is 4.79 Å². The number of halogens is 2. The zero-order valence-electron chi connectivity index (χ0n) is 10.9. The van der Waals surface area contributed by atoms with Gasteiger partial charge in [-0.2, -0.15) is 5.26 Å². The fourth-order valence-electron chi connectivity index (χ4n) is 1.69. The van der Waals surface area contributed by atoms with E-state index in [1.54, 1.807) is 31.4 Å². The molecule has 2 rings (SSSR count). The van der Waals surface area contributed by atoms with Crippen molar-refractivity contribution in [3.63, 3.8) is 0 Å². The van der Waals surface area contributed by atoms with Crippen LogP contribution in [0.1, 0.15) is 15.9 Å². The van der Waals surface area contributed by atoms with E-state index in [4.69, 9.17) is 16.9 Å². The van der Waals surface area contributed by atoms with E-state index in [-0.39, 0.29) is 5.91 Å². The molecule has 0 radical (unpaired) electrons. The molecule has 2 N–H and O–H groups in total. The zero-order chi connectivity index (χ0) is 15.4. The minimum atomic E-state index is -0.370. The molecule has 0 bridgehead atoms.